The van der Waals surface area contributed by atoms with Crippen LogP contribution in [0.3, 0.4) is 0 Å². The monoisotopic (exact) mass is 259 g/mol. The van der Waals surface area contributed by atoms with Gasteiger partial charge in [-0.25, -0.2) is 9.97 Å². The number of nitrogens with zero attached hydrogens (tertiary/aromatic N) is 2. The van der Waals surface area contributed by atoms with Crippen LogP contribution in [0, 0.1) is 13.8 Å². The fraction of sp³-hybridized carbons (Fsp3) is 0.286. The van der Waals surface area contributed by atoms with Crippen LogP contribution in [0.5, 0.6) is 0 Å². The van der Waals surface area contributed by atoms with Gasteiger partial charge in [0.15, 0.2) is 5.16 Å². The van der Waals surface area contributed by atoms with E-state index in [-0.39, 0.29) is 0 Å². The zero-order chi connectivity index (χ0) is 13.0. The predicted molar refractivity (Wildman–Crippen MR) is 75.4 cm³/mol. The molecule has 0 bridgehead atoms. The van der Waals surface area contributed by atoms with Gasteiger partial charge in [0.1, 0.15) is 0 Å². The molecule has 0 amide bonds. The Morgan fingerprint density at radius 1 is 1.22 bits per heavy atom. The number of rotatable bonds is 4. The molecule has 0 spiro atoms. The van der Waals surface area contributed by atoms with Crippen molar-refractivity contribution in [3.8, 4) is 0 Å². The van der Waals surface area contributed by atoms with Gasteiger partial charge in [0, 0.05) is 24.2 Å². The number of benzene rings is 1. The second-order valence-corrected chi connectivity index (χ2v) is 5.18. The Bertz CT molecular complexity index is 540. The first-order valence-electron chi connectivity index (χ1n) is 5.90. The highest BCUT2D eigenvalue weighted by atomic mass is 32.2. The van der Waals surface area contributed by atoms with Crippen molar-refractivity contribution in [3.63, 3.8) is 0 Å². The van der Waals surface area contributed by atoms with Gasteiger partial charge in [0.2, 0.25) is 0 Å². The minimum atomic E-state index is 0.593. The summed E-state index contributed by atoms with van der Waals surface area (Å²) >= 11 is 1.66. The average molecular weight is 259 g/mol. The van der Waals surface area contributed by atoms with E-state index >= 15 is 0 Å². The van der Waals surface area contributed by atoms with Crippen molar-refractivity contribution in [3.05, 3.63) is 52.8 Å². The van der Waals surface area contributed by atoms with Crippen LogP contribution in [0.2, 0.25) is 0 Å². The summed E-state index contributed by atoms with van der Waals surface area (Å²) < 4.78 is 0. The molecule has 0 saturated heterocycles. The van der Waals surface area contributed by atoms with Crippen molar-refractivity contribution in [2.45, 2.75) is 31.3 Å². The third-order valence-electron chi connectivity index (χ3n) is 2.77. The van der Waals surface area contributed by atoms with Crippen molar-refractivity contribution >= 4 is 11.8 Å². The maximum Gasteiger partial charge on any atom is 0.188 e. The fourth-order valence-corrected chi connectivity index (χ4v) is 2.64. The van der Waals surface area contributed by atoms with E-state index in [1.54, 1.807) is 18.0 Å². The van der Waals surface area contributed by atoms with Crippen molar-refractivity contribution in [2.24, 2.45) is 5.73 Å². The van der Waals surface area contributed by atoms with Crippen LogP contribution in [-0.2, 0) is 12.3 Å². The fourth-order valence-electron chi connectivity index (χ4n) is 1.68. The minimum absolute atomic E-state index is 0.593. The summed E-state index contributed by atoms with van der Waals surface area (Å²) in [5, 5.41) is 0.831. The Morgan fingerprint density at radius 2 is 2.06 bits per heavy atom. The number of aryl methyl sites for hydroxylation is 2. The van der Waals surface area contributed by atoms with E-state index in [1.807, 2.05) is 13.0 Å². The quantitative estimate of drug-likeness (QED) is 0.677. The molecule has 1 heterocycles. The number of hydrogen-bond donors (Lipinski definition) is 1. The Kier molecular flexibility index (Phi) is 4.33. The SMILES string of the molecule is Cc1ccnc(SCc2ccc(CN)cc2C)n1. The molecule has 0 saturated carbocycles. The predicted octanol–water partition coefficient (Wildman–Crippen LogP) is 2.84. The number of aromatic nitrogens is 2. The highest BCUT2D eigenvalue weighted by Crippen LogP contribution is 2.22. The van der Waals surface area contributed by atoms with Gasteiger partial charge in [-0.15, -0.1) is 0 Å². The van der Waals surface area contributed by atoms with Gasteiger partial charge in [0.25, 0.3) is 0 Å². The number of thioether (sulfide) groups is 1. The maximum atomic E-state index is 5.63. The molecular formula is C14H17N3S. The lowest BCUT2D eigenvalue weighted by molar-refractivity contribution is 0.931. The second-order valence-electron chi connectivity index (χ2n) is 4.23. The smallest absolute Gasteiger partial charge is 0.188 e. The molecular weight excluding hydrogens is 242 g/mol. The molecule has 0 atom stereocenters. The summed E-state index contributed by atoms with van der Waals surface area (Å²) in [6.07, 6.45) is 1.80. The molecule has 0 aliphatic carbocycles. The second kappa shape index (κ2) is 5.98. The third-order valence-corrected chi connectivity index (χ3v) is 3.68. The number of hydrogen-bond acceptors (Lipinski definition) is 4. The first-order valence-corrected chi connectivity index (χ1v) is 6.88. The molecule has 0 radical (unpaired) electrons. The van der Waals surface area contributed by atoms with Gasteiger partial charge in [-0.05, 0) is 36.6 Å². The van der Waals surface area contributed by atoms with Gasteiger partial charge in [-0.3, -0.25) is 0 Å². The first-order chi connectivity index (χ1) is 8.69. The molecule has 2 aromatic rings. The van der Waals surface area contributed by atoms with Gasteiger partial charge in [-0.1, -0.05) is 30.0 Å². The Labute approximate surface area is 112 Å². The molecule has 1 aromatic heterocycles. The highest BCUT2D eigenvalue weighted by Gasteiger charge is 2.03. The number of nitrogens with two attached hydrogens (primary N) is 1. The summed E-state index contributed by atoms with van der Waals surface area (Å²) in [7, 11) is 0. The van der Waals surface area contributed by atoms with Crippen LogP contribution in [-0.4, -0.2) is 9.97 Å². The normalized spacial score (nSPS) is 10.6. The lowest BCUT2D eigenvalue weighted by atomic mass is 10.1. The van der Waals surface area contributed by atoms with Gasteiger partial charge >= 0.3 is 0 Å². The third kappa shape index (κ3) is 3.31. The van der Waals surface area contributed by atoms with E-state index in [4.69, 9.17) is 5.73 Å². The molecule has 4 heteroatoms. The molecule has 1 aromatic carbocycles. The zero-order valence-corrected chi connectivity index (χ0v) is 11.5. The van der Waals surface area contributed by atoms with Crippen molar-refractivity contribution in [1.82, 2.24) is 9.97 Å². The van der Waals surface area contributed by atoms with Gasteiger partial charge in [-0.2, -0.15) is 0 Å². The van der Waals surface area contributed by atoms with E-state index in [2.05, 4.69) is 35.1 Å². The van der Waals surface area contributed by atoms with E-state index in [0.717, 1.165) is 16.6 Å². The average Bonchev–Trinajstić information content (AvgIpc) is 2.37. The van der Waals surface area contributed by atoms with Crippen LogP contribution < -0.4 is 5.73 Å². The van der Waals surface area contributed by atoms with Gasteiger partial charge in [0.05, 0.1) is 0 Å². The van der Waals surface area contributed by atoms with Crippen molar-refractivity contribution in [1.29, 1.82) is 0 Å². The molecule has 3 nitrogen and oxygen atoms in total. The Morgan fingerprint density at radius 3 is 2.72 bits per heavy atom. The minimum Gasteiger partial charge on any atom is -0.326 e. The lowest BCUT2D eigenvalue weighted by Gasteiger charge is -2.07. The molecule has 0 aliphatic rings. The molecule has 0 fully saturated rings. The molecule has 94 valence electrons. The van der Waals surface area contributed by atoms with Gasteiger partial charge < -0.3 is 5.73 Å². The molecule has 2 rings (SSSR count). The lowest BCUT2D eigenvalue weighted by Crippen LogP contribution is -1.98. The Balaban J connectivity index is 2.06. The van der Waals surface area contributed by atoms with Crippen molar-refractivity contribution < 1.29 is 0 Å². The van der Waals surface area contributed by atoms with Crippen LogP contribution >= 0.6 is 11.8 Å². The summed E-state index contributed by atoms with van der Waals surface area (Å²) in [5.41, 5.74) is 10.4. The summed E-state index contributed by atoms with van der Waals surface area (Å²) in [5.74, 6) is 0.889. The van der Waals surface area contributed by atoms with Crippen LogP contribution in [0.25, 0.3) is 0 Å². The highest BCUT2D eigenvalue weighted by molar-refractivity contribution is 7.98. The Hall–Kier alpha value is -1.39. The summed E-state index contributed by atoms with van der Waals surface area (Å²) in [6, 6.07) is 8.28. The summed E-state index contributed by atoms with van der Waals surface area (Å²) in [6.45, 7) is 4.69. The van der Waals surface area contributed by atoms with E-state index in [9.17, 15) is 0 Å². The first kappa shape index (κ1) is 13.1. The van der Waals surface area contributed by atoms with Crippen LogP contribution in [0.4, 0.5) is 0 Å². The van der Waals surface area contributed by atoms with E-state index < -0.39 is 0 Å². The summed E-state index contributed by atoms with van der Waals surface area (Å²) in [4.78, 5) is 8.63. The van der Waals surface area contributed by atoms with Crippen LogP contribution in [0.1, 0.15) is 22.4 Å². The maximum absolute atomic E-state index is 5.63. The topological polar surface area (TPSA) is 51.8 Å². The zero-order valence-electron chi connectivity index (χ0n) is 10.7. The molecule has 0 aliphatic heterocycles. The largest absolute Gasteiger partial charge is 0.326 e. The van der Waals surface area contributed by atoms with E-state index in [0.29, 0.717) is 6.54 Å². The van der Waals surface area contributed by atoms with Crippen LogP contribution in [0.15, 0.2) is 35.6 Å². The molecule has 0 unspecified atom stereocenters. The van der Waals surface area contributed by atoms with Crippen molar-refractivity contribution in [2.75, 3.05) is 0 Å². The standard InChI is InChI=1S/C14H17N3S/c1-10-7-12(8-15)3-4-13(10)9-18-14-16-6-5-11(2)17-14/h3-7H,8-9,15H2,1-2H3. The van der Waals surface area contributed by atoms with E-state index in [1.165, 1.54) is 16.7 Å². The molecule has 2 N–H and O–H groups in total. The molecule has 18 heavy (non-hydrogen) atoms.